The molecule has 1 aromatic rings. The van der Waals surface area contributed by atoms with Crippen LogP contribution in [-0.2, 0) is 11.2 Å². The summed E-state index contributed by atoms with van der Waals surface area (Å²) in [6, 6.07) is 5.84. The van der Waals surface area contributed by atoms with Crippen molar-refractivity contribution in [1.82, 2.24) is 5.43 Å². The van der Waals surface area contributed by atoms with Gasteiger partial charge in [-0.25, -0.2) is 0 Å². The molecule has 1 aromatic carbocycles. The summed E-state index contributed by atoms with van der Waals surface area (Å²) in [5.41, 5.74) is 3.61. The number of rotatable bonds is 8. The number of ether oxygens (including phenoxy) is 2. The maximum absolute atomic E-state index is 12.1. The van der Waals surface area contributed by atoms with Crippen LogP contribution in [0.4, 0.5) is 13.2 Å². The van der Waals surface area contributed by atoms with Gasteiger partial charge in [-0.2, -0.15) is 0 Å². The summed E-state index contributed by atoms with van der Waals surface area (Å²) in [5.74, 6) is 5.63. The van der Waals surface area contributed by atoms with E-state index in [4.69, 9.17) is 10.6 Å². The molecule has 0 amide bonds. The highest BCUT2D eigenvalue weighted by Crippen LogP contribution is 2.23. The van der Waals surface area contributed by atoms with E-state index in [-0.39, 0.29) is 11.8 Å². The fraction of sp³-hybridized carbons (Fsp3) is 0.571. The van der Waals surface area contributed by atoms with Crippen LogP contribution in [-0.4, -0.2) is 26.1 Å². The van der Waals surface area contributed by atoms with Gasteiger partial charge in [0, 0.05) is 19.8 Å². The Labute approximate surface area is 122 Å². The zero-order valence-electron chi connectivity index (χ0n) is 12.1. The number of benzene rings is 1. The van der Waals surface area contributed by atoms with Crippen molar-refractivity contribution < 1.29 is 22.6 Å². The average Bonchev–Trinajstić information content (AvgIpc) is 2.38. The standard InChI is InChI=1S/C14H21F3N2O2/c1-10(9-20-2)7-12(19-18)8-11-3-5-13(6-4-11)21-14(15,16)17/h3-6,10,12,19H,7-9,18H2,1-2H3. The summed E-state index contributed by atoms with van der Waals surface area (Å²) in [7, 11) is 1.64. The van der Waals surface area contributed by atoms with Gasteiger partial charge in [-0.3, -0.25) is 11.3 Å². The Morgan fingerprint density at radius 2 is 1.86 bits per heavy atom. The molecule has 0 aliphatic carbocycles. The second-order valence-electron chi connectivity index (χ2n) is 5.06. The van der Waals surface area contributed by atoms with Gasteiger partial charge in [0.05, 0.1) is 0 Å². The molecule has 120 valence electrons. The van der Waals surface area contributed by atoms with Crippen molar-refractivity contribution in [3.8, 4) is 5.75 Å². The normalized spacial score (nSPS) is 14.8. The number of alkyl halides is 3. The molecule has 0 heterocycles. The Morgan fingerprint density at radius 3 is 2.33 bits per heavy atom. The van der Waals surface area contributed by atoms with E-state index in [0.717, 1.165) is 12.0 Å². The van der Waals surface area contributed by atoms with Crippen LogP contribution in [0.5, 0.6) is 5.75 Å². The van der Waals surface area contributed by atoms with Gasteiger partial charge in [-0.1, -0.05) is 19.1 Å². The van der Waals surface area contributed by atoms with E-state index < -0.39 is 6.36 Å². The second-order valence-corrected chi connectivity index (χ2v) is 5.06. The van der Waals surface area contributed by atoms with Crippen molar-refractivity contribution in [3.05, 3.63) is 29.8 Å². The van der Waals surface area contributed by atoms with Gasteiger partial charge in [-0.05, 0) is 36.5 Å². The molecule has 7 heteroatoms. The van der Waals surface area contributed by atoms with Gasteiger partial charge in [0.2, 0.25) is 0 Å². The smallest absolute Gasteiger partial charge is 0.406 e. The predicted molar refractivity (Wildman–Crippen MR) is 73.6 cm³/mol. The van der Waals surface area contributed by atoms with Crippen LogP contribution in [0.25, 0.3) is 0 Å². The van der Waals surface area contributed by atoms with Gasteiger partial charge in [0.1, 0.15) is 5.75 Å². The van der Waals surface area contributed by atoms with Crippen molar-refractivity contribution in [2.45, 2.75) is 32.2 Å². The summed E-state index contributed by atoms with van der Waals surface area (Å²) >= 11 is 0. The number of nitrogens with two attached hydrogens (primary N) is 1. The van der Waals surface area contributed by atoms with Gasteiger partial charge >= 0.3 is 6.36 Å². The van der Waals surface area contributed by atoms with Crippen molar-refractivity contribution in [3.63, 3.8) is 0 Å². The highest BCUT2D eigenvalue weighted by molar-refractivity contribution is 5.28. The van der Waals surface area contributed by atoms with Crippen LogP contribution in [0, 0.1) is 5.92 Å². The van der Waals surface area contributed by atoms with Crippen LogP contribution in [0.15, 0.2) is 24.3 Å². The van der Waals surface area contributed by atoms with Crippen LogP contribution < -0.4 is 16.0 Å². The number of methoxy groups -OCH3 is 1. The molecular weight excluding hydrogens is 285 g/mol. The molecule has 0 bridgehead atoms. The summed E-state index contributed by atoms with van der Waals surface area (Å²) in [6.07, 6.45) is -3.24. The largest absolute Gasteiger partial charge is 0.573 e. The average molecular weight is 306 g/mol. The maximum atomic E-state index is 12.1. The first kappa shape index (κ1) is 17.7. The third kappa shape index (κ3) is 7.31. The molecule has 0 fully saturated rings. The van der Waals surface area contributed by atoms with Crippen molar-refractivity contribution >= 4 is 0 Å². The van der Waals surface area contributed by atoms with Crippen molar-refractivity contribution in [1.29, 1.82) is 0 Å². The lowest BCUT2D eigenvalue weighted by atomic mass is 9.97. The topological polar surface area (TPSA) is 56.5 Å². The second kappa shape index (κ2) is 8.21. The first-order chi connectivity index (χ1) is 9.84. The molecule has 0 aromatic heterocycles. The van der Waals surface area contributed by atoms with Gasteiger partial charge in [-0.15, -0.1) is 13.2 Å². The fourth-order valence-corrected chi connectivity index (χ4v) is 2.16. The van der Waals surface area contributed by atoms with E-state index >= 15 is 0 Å². The maximum Gasteiger partial charge on any atom is 0.573 e. The number of hydrazine groups is 1. The Bertz CT molecular complexity index is 410. The Morgan fingerprint density at radius 1 is 1.24 bits per heavy atom. The summed E-state index contributed by atoms with van der Waals surface area (Å²) in [6.45, 7) is 2.69. The summed E-state index contributed by atoms with van der Waals surface area (Å²) < 4.78 is 45.1. The SMILES string of the molecule is COCC(C)CC(Cc1ccc(OC(F)(F)F)cc1)NN. The number of hydrogen-bond acceptors (Lipinski definition) is 4. The predicted octanol–water partition coefficient (Wildman–Crippen LogP) is 2.63. The fourth-order valence-electron chi connectivity index (χ4n) is 2.16. The molecule has 4 nitrogen and oxygen atoms in total. The minimum Gasteiger partial charge on any atom is -0.406 e. The molecule has 3 N–H and O–H groups in total. The van der Waals surface area contributed by atoms with E-state index in [1.165, 1.54) is 12.1 Å². The Hall–Kier alpha value is -1.31. The lowest BCUT2D eigenvalue weighted by Crippen LogP contribution is -2.38. The molecule has 0 aliphatic rings. The number of halogens is 3. The van der Waals surface area contributed by atoms with Crippen molar-refractivity contribution in [2.24, 2.45) is 11.8 Å². The van der Waals surface area contributed by atoms with E-state index in [0.29, 0.717) is 18.9 Å². The zero-order chi connectivity index (χ0) is 15.9. The molecule has 0 saturated heterocycles. The monoisotopic (exact) mass is 306 g/mol. The summed E-state index contributed by atoms with van der Waals surface area (Å²) in [4.78, 5) is 0. The molecule has 0 aliphatic heterocycles. The molecule has 1 rings (SSSR count). The van der Waals surface area contributed by atoms with Crippen molar-refractivity contribution in [2.75, 3.05) is 13.7 Å². The lowest BCUT2D eigenvalue weighted by molar-refractivity contribution is -0.274. The molecule has 0 saturated carbocycles. The van der Waals surface area contributed by atoms with Crippen LogP contribution in [0.1, 0.15) is 18.9 Å². The molecule has 0 radical (unpaired) electrons. The van der Waals surface area contributed by atoms with Crippen LogP contribution >= 0.6 is 0 Å². The zero-order valence-corrected chi connectivity index (χ0v) is 12.1. The minimum absolute atomic E-state index is 0.0320. The quantitative estimate of drug-likeness (QED) is 0.572. The molecular formula is C14H21F3N2O2. The van der Waals surface area contributed by atoms with Gasteiger partial charge < -0.3 is 9.47 Å². The van der Waals surface area contributed by atoms with E-state index in [1.807, 2.05) is 6.92 Å². The van der Waals surface area contributed by atoms with E-state index in [2.05, 4.69) is 10.2 Å². The lowest BCUT2D eigenvalue weighted by Gasteiger charge is -2.20. The number of hydrogen-bond donors (Lipinski definition) is 2. The third-order valence-electron chi connectivity index (χ3n) is 3.01. The Balaban J connectivity index is 2.56. The first-order valence-electron chi connectivity index (χ1n) is 6.63. The highest BCUT2D eigenvalue weighted by atomic mass is 19.4. The first-order valence-corrected chi connectivity index (χ1v) is 6.63. The number of nitrogens with one attached hydrogen (secondary N) is 1. The van der Waals surface area contributed by atoms with Gasteiger partial charge in [0.25, 0.3) is 0 Å². The van der Waals surface area contributed by atoms with Gasteiger partial charge in [0.15, 0.2) is 0 Å². The van der Waals surface area contributed by atoms with Crippen LogP contribution in [0.3, 0.4) is 0 Å². The molecule has 0 spiro atoms. The summed E-state index contributed by atoms with van der Waals surface area (Å²) in [5, 5.41) is 0. The molecule has 2 atom stereocenters. The minimum atomic E-state index is -4.67. The van der Waals surface area contributed by atoms with E-state index in [1.54, 1.807) is 19.2 Å². The third-order valence-corrected chi connectivity index (χ3v) is 3.01. The van der Waals surface area contributed by atoms with Crippen LogP contribution in [0.2, 0.25) is 0 Å². The molecule has 21 heavy (non-hydrogen) atoms. The highest BCUT2D eigenvalue weighted by Gasteiger charge is 2.30. The Kier molecular flexibility index (Phi) is 6.94. The van der Waals surface area contributed by atoms with E-state index in [9.17, 15) is 13.2 Å². The molecule has 2 unspecified atom stereocenters.